The Morgan fingerprint density at radius 2 is 2.05 bits per heavy atom. The van der Waals surface area contributed by atoms with E-state index in [2.05, 4.69) is 66.4 Å². The van der Waals surface area contributed by atoms with Gasteiger partial charge in [0.1, 0.15) is 12.4 Å². The van der Waals surface area contributed by atoms with Crippen molar-refractivity contribution in [1.29, 1.82) is 5.26 Å². The van der Waals surface area contributed by atoms with Crippen LogP contribution in [-0.4, -0.2) is 82.5 Å². The number of hydrogen-bond donors (Lipinski definition) is 0. The van der Waals surface area contributed by atoms with E-state index in [0.29, 0.717) is 38.3 Å². The number of nitriles is 1. The number of nitrogens with zero attached hydrogens (tertiary/aromatic N) is 7. The maximum atomic E-state index is 12.5. The van der Waals surface area contributed by atoms with Gasteiger partial charge in [-0.2, -0.15) is 15.2 Å². The first-order chi connectivity index (χ1) is 18.9. The summed E-state index contributed by atoms with van der Waals surface area (Å²) in [6.07, 6.45) is 3.90. The predicted octanol–water partition coefficient (Wildman–Crippen LogP) is 3.20. The molecule has 0 radical (unpaired) electrons. The van der Waals surface area contributed by atoms with Crippen LogP contribution in [0.5, 0.6) is 6.01 Å². The minimum atomic E-state index is -0.219. The monoisotopic (exact) mass is 529 g/mol. The Morgan fingerprint density at radius 1 is 1.21 bits per heavy atom. The Balaban J connectivity index is 1.41. The van der Waals surface area contributed by atoms with E-state index >= 15 is 0 Å². The van der Waals surface area contributed by atoms with Crippen LogP contribution < -0.4 is 9.64 Å². The van der Waals surface area contributed by atoms with Crippen LogP contribution in [0.4, 0.5) is 5.82 Å². The van der Waals surface area contributed by atoms with Crippen molar-refractivity contribution in [3.63, 3.8) is 0 Å². The van der Waals surface area contributed by atoms with E-state index in [4.69, 9.17) is 14.7 Å². The number of aromatic nitrogens is 2. The summed E-state index contributed by atoms with van der Waals surface area (Å²) >= 11 is 0. The molecular formula is C30H39N7O2. The van der Waals surface area contributed by atoms with E-state index in [9.17, 15) is 10.1 Å². The van der Waals surface area contributed by atoms with Crippen molar-refractivity contribution in [3.05, 3.63) is 58.8 Å². The molecule has 0 spiro atoms. The van der Waals surface area contributed by atoms with Gasteiger partial charge >= 0.3 is 6.01 Å². The maximum Gasteiger partial charge on any atom is 0.318 e. The summed E-state index contributed by atoms with van der Waals surface area (Å²) in [5.74, 6) is 0.735. The lowest BCUT2D eigenvalue weighted by molar-refractivity contribution is -0.128. The highest BCUT2D eigenvalue weighted by atomic mass is 16.5. The van der Waals surface area contributed by atoms with Crippen molar-refractivity contribution in [3.8, 4) is 12.1 Å². The summed E-state index contributed by atoms with van der Waals surface area (Å²) in [5.41, 5.74) is 5.99. The Bertz CT molecular complexity index is 1270. The van der Waals surface area contributed by atoms with Gasteiger partial charge in [0, 0.05) is 50.9 Å². The molecule has 206 valence electrons. The van der Waals surface area contributed by atoms with Gasteiger partial charge in [-0.3, -0.25) is 9.69 Å². The SMILES string of the molecule is C=CC(=O)N1CCN(c2nc(OC[C@@H]3CCCN3C)nc3c2CN(Cc2cc(C)ccc2C)C3)C[C@@H]1CC#N. The predicted molar refractivity (Wildman–Crippen MR) is 150 cm³/mol. The van der Waals surface area contributed by atoms with Crippen LogP contribution in [0.2, 0.25) is 0 Å². The summed E-state index contributed by atoms with van der Waals surface area (Å²) in [4.78, 5) is 31.0. The van der Waals surface area contributed by atoms with Crippen molar-refractivity contribution < 1.29 is 9.53 Å². The lowest BCUT2D eigenvalue weighted by Crippen LogP contribution is -2.55. The van der Waals surface area contributed by atoms with Gasteiger partial charge < -0.3 is 19.4 Å². The van der Waals surface area contributed by atoms with Crippen LogP contribution in [0.25, 0.3) is 0 Å². The molecule has 4 heterocycles. The number of hydrogen-bond acceptors (Lipinski definition) is 8. The average molecular weight is 530 g/mol. The summed E-state index contributed by atoms with van der Waals surface area (Å²) in [7, 11) is 2.14. The van der Waals surface area contributed by atoms with Gasteiger partial charge in [-0.15, -0.1) is 0 Å². The standard InChI is InChI=1S/C30H39N7O2/c1-5-28(38)37-14-13-36(17-24(37)10-11-31)29-26-18-35(16-23-15-21(2)8-9-22(23)3)19-27(26)32-30(33-29)39-20-25-7-6-12-34(25)4/h5,8-9,15,24-25H,1,6-7,10,12-14,16-20H2,2-4H3/t24-,25-/m0/s1. The maximum absolute atomic E-state index is 12.5. The number of likely N-dealkylation sites (N-methyl/N-ethyl adjacent to an activating group) is 1. The van der Waals surface area contributed by atoms with Crippen molar-refractivity contribution in [2.75, 3.05) is 44.7 Å². The zero-order valence-corrected chi connectivity index (χ0v) is 23.4. The number of likely N-dealkylation sites (tertiary alicyclic amines) is 1. The van der Waals surface area contributed by atoms with Crippen LogP contribution in [-0.2, 0) is 24.4 Å². The lowest BCUT2D eigenvalue weighted by atomic mass is 10.1. The number of ether oxygens (including phenoxy) is 1. The second-order valence-corrected chi connectivity index (χ2v) is 11.1. The molecular weight excluding hydrogens is 490 g/mol. The molecule has 3 aliphatic rings. The second kappa shape index (κ2) is 11.7. The fourth-order valence-corrected chi connectivity index (χ4v) is 6.02. The third kappa shape index (κ3) is 5.92. The van der Waals surface area contributed by atoms with E-state index in [-0.39, 0.29) is 18.4 Å². The van der Waals surface area contributed by atoms with Crippen LogP contribution >= 0.6 is 0 Å². The molecule has 1 aromatic carbocycles. The molecule has 39 heavy (non-hydrogen) atoms. The molecule has 0 N–H and O–H groups in total. The first-order valence-corrected chi connectivity index (χ1v) is 13.9. The van der Waals surface area contributed by atoms with Gasteiger partial charge in [-0.1, -0.05) is 30.3 Å². The lowest BCUT2D eigenvalue weighted by Gasteiger charge is -2.41. The number of piperazine rings is 1. The van der Waals surface area contributed by atoms with Gasteiger partial charge in [-0.05, 0) is 57.5 Å². The normalized spacial score (nSPS) is 21.6. The van der Waals surface area contributed by atoms with E-state index in [1.165, 1.54) is 29.2 Å². The van der Waals surface area contributed by atoms with Crippen molar-refractivity contribution in [1.82, 2.24) is 24.7 Å². The van der Waals surface area contributed by atoms with Crippen molar-refractivity contribution in [2.45, 2.75) is 64.8 Å². The molecule has 1 amide bonds. The van der Waals surface area contributed by atoms with E-state index in [0.717, 1.165) is 49.7 Å². The first kappa shape index (κ1) is 27.1. The highest BCUT2D eigenvalue weighted by Crippen LogP contribution is 2.34. The highest BCUT2D eigenvalue weighted by molar-refractivity contribution is 5.87. The molecule has 0 bridgehead atoms. The molecule has 2 saturated heterocycles. The Hall–Kier alpha value is -3.48. The molecule has 0 aliphatic carbocycles. The van der Waals surface area contributed by atoms with E-state index < -0.39 is 0 Å². The summed E-state index contributed by atoms with van der Waals surface area (Å²) < 4.78 is 6.22. The van der Waals surface area contributed by atoms with Gasteiger partial charge in [0.15, 0.2) is 0 Å². The molecule has 9 nitrogen and oxygen atoms in total. The number of fused-ring (bicyclic) bond motifs is 1. The minimum absolute atomic E-state index is 0.132. The van der Waals surface area contributed by atoms with Crippen molar-refractivity contribution >= 4 is 11.7 Å². The zero-order chi connectivity index (χ0) is 27.5. The number of rotatable bonds is 8. The van der Waals surface area contributed by atoms with Crippen LogP contribution in [0.3, 0.4) is 0 Å². The number of carbonyl (C=O) groups is 1. The molecule has 0 unspecified atom stereocenters. The van der Waals surface area contributed by atoms with E-state index in [1.54, 1.807) is 4.90 Å². The number of benzene rings is 1. The average Bonchev–Trinajstić information content (AvgIpc) is 3.53. The fourth-order valence-electron chi connectivity index (χ4n) is 6.02. The van der Waals surface area contributed by atoms with Gasteiger partial charge in [0.2, 0.25) is 5.91 Å². The second-order valence-electron chi connectivity index (χ2n) is 11.1. The largest absolute Gasteiger partial charge is 0.462 e. The Morgan fingerprint density at radius 3 is 2.79 bits per heavy atom. The molecule has 1 aromatic heterocycles. The molecule has 5 rings (SSSR count). The zero-order valence-electron chi connectivity index (χ0n) is 23.4. The summed E-state index contributed by atoms with van der Waals surface area (Å²) in [6, 6.07) is 9.43. The van der Waals surface area contributed by atoms with Gasteiger partial charge in [-0.25, -0.2) is 0 Å². The van der Waals surface area contributed by atoms with Crippen LogP contribution in [0.1, 0.15) is 47.2 Å². The number of carbonyl (C=O) groups excluding carboxylic acids is 1. The molecule has 9 heteroatoms. The topological polar surface area (TPSA) is 88.8 Å². The number of amides is 1. The van der Waals surface area contributed by atoms with Crippen LogP contribution in [0, 0.1) is 25.2 Å². The van der Waals surface area contributed by atoms with Crippen molar-refractivity contribution in [2.24, 2.45) is 0 Å². The molecule has 3 aliphatic heterocycles. The van der Waals surface area contributed by atoms with Gasteiger partial charge in [0.05, 0.1) is 24.2 Å². The Kier molecular flexibility index (Phi) is 8.15. The minimum Gasteiger partial charge on any atom is -0.462 e. The third-order valence-corrected chi connectivity index (χ3v) is 8.35. The quantitative estimate of drug-likeness (QED) is 0.482. The summed E-state index contributed by atoms with van der Waals surface area (Å²) in [6.45, 7) is 13.6. The van der Waals surface area contributed by atoms with Crippen LogP contribution in [0.15, 0.2) is 30.9 Å². The molecule has 2 fully saturated rings. The summed E-state index contributed by atoms with van der Waals surface area (Å²) in [5, 5.41) is 9.47. The fraction of sp³-hybridized carbons (Fsp3) is 0.533. The third-order valence-electron chi connectivity index (χ3n) is 8.35. The highest BCUT2D eigenvalue weighted by Gasteiger charge is 2.34. The Labute approximate surface area is 231 Å². The first-order valence-electron chi connectivity index (χ1n) is 13.9. The van der Waals surface area contributed by atoms with Gasteiger partial charge in [0.25, 0.3) is 0 Å². The number of anilines is 1. The molecule has 0 saturated carbocycles. The smallest absolute Gasteiger partial charge is 0.318 e. The molecule has 2 atom stereocenters. The van der Waals surface area contributed by atoms with E-state index in [1.807, 2.05) is 0 Å². The molecule has 2 aromatic rings. The number of aryl methyl sites for hydroxylation is 2.